The highest BCUT2D eigenvalue weighted by Gasteiger charge is 2.29. The van der Waals surface area contributed by atoms with Crippen LogP contribution in [0.2, 0.25) is 0 Å². The van der Waals surface area contributed by atoms with E-state index in [0.717, 1.165) is 12.8 Å². The molecule has 0 rings (SSSR count). The second kappa shape index (κ2) is 4.41. The van der Waals surface area contributed by atoms with Crippen LogP contribution in [0.3, 0.4) is 0 Å². The van der Waals surface area contributed by atoms with Gasteiger partial charge in [0.1, 0.15) is 5.60 Å². The zero-order chi connectivity index (χ0) is 10.7. The van der Waals surface area contributed by atoms with Crippen LogP contribution in [0.25, 0.3) is 0 Å². The Morgan fingerprint density at radius 3 is 2.08 bits per heavy atom. The van der Waals surface area contributed by atoms with Crippen molar-refractivity contribution in [1.29, 1.82) is 0 Å². The van der Waals surface area contributed by atoms with Crippen molar-refractivity contribution in [3.63, 3.8) is 0 Å². The molecule has 0 aliphatic rings. The molecular formula is C10H21O2P. The average Bonchev–Trinajstić information content (AvgIpc) is 1.81. The second-order valence-electron chi connectivity index (χ2n) is 4.88. The lowest BCUT2D eigenvalue weighted by molar-refractivity contribution is 0.0205. The molecule has 0 heterocycles. The van der Waals surface area contributed by atoms with Crippen molar-refractivity contribution < 1.29 is 9.53 Å². The van der Waals surface area contributed by atoms with Crippen molar-refractivity contribution in [2.75, 3.05) is 0 Å². The van der Waals surface area contributed by atoms with Gasteiger partial charge in [0.25, 0.3) is 0 Å². The first-order chi connectivity index (χ1) is 5.68. The van der Waals surface area contributed by atoms with E-state index in [2.05, 4.69) is 20.8 Å². The van der Waals surface area contributed by atoms with Crippen LogP contribution in [0.4, 0.5) is 4.79 Å². The Labute approximate surface area is 83.6 Å². The fourth-order valence-corrected chi connectivity index (χ4v) is 1.90. The molecule has 0 aromatic carbocycles. The third-order valence-electron chi connectivity index (χ3n) is 2.24. The van der Waals surface area contributed by atoms with E-state index in [1.165, 1.54) is 0 Å². The fourth-order valence-electron chi connectivity index (χ4n) is 1.59. The Morgan fingerprint density at radius 1 is 1.31 bits per heavy atom. The van der Waals surface area contributed by atoms with Crippen molar-refractivity contribution in [2.24, 2.45) is 5.41 Å². The van der Waals surface area contributed by atoms with Gasteiger partial charge in [0, 0.05) is 0 Å². The van der Waals surface area contributed by atoms with Crippen molar-refractivity contribution in [3.8, 4) is 0 Å². The molecule has 0 spiro atoms. The van der Waals surface area contributed by atoms with E-state index < -0.39 is 0 Å². The van der Waals surface area contributed by atoms with E-state index in [1.807, 2.05) is 23.1 Å². The molecule has 0 aromatic heterocycles. The van der Waals surface area contributed by atoms with Gasteiger partial charge in [-0.25, -0.2) is 4.79 Å². The van der Waals surface area contributed by atoms with Gasteiger partial charge in [0.15, 0.2) is 0 Å². The molecule has 0 radical (unpaired) electrons. The molecule has 0 amide bonds. The van der Waals surface area contributed by atoms with Crippen molar-refractivity contribution in [1.82, 2.24) is 0 Å². The monoisotopic (exact) mass is 204 g/mol. The molecule has 2 nitrogen and oxygen atoms in total. The van der Waals surface area contributed by atoms with E-state index in [9.17, 15) is 4.79 Å². The maximum Gasteiger partial charge on any atom is 0.320 e. The molecular weight excluding hydrogens is 183 g/mol. The molecule has 0 bridgehead atoms. The Balaban J connectivity index is 4.24. The summed E-state index contributed by atoms with van der Waals surface area (Å²) in [6.45, 7) is 10.4. The second-order valence-corrected chi connectivity index (χ2v) is 5.35. The van der Waals surface area contributed by atoms with Crippen LogP contribution in [-0.4, -0.2) is 11.3 Å². The fraction of sp³-hybridized carbons (Fsp3) is 0.900. The van der Waals surface area contributed by atoms with Crippen molar-refractivity contribution in [2.45, 2.75) is 53.1 Å². The minimum Gasteiger partial charge on any atom is -0.457 e. The minimum absolute atomic E-state index is 0.226. The average molecular weight is 204 g/mol. The lowest BCUT2D eigenvalue weighted by atomic mass is 9.80. The van der Waals surface area contributed by atoms with E-state index >= 15 is 0 Å². The van der Waals surface area contributed by atoms with Crippen LogP contribution in [-0.2, 0) is 4.74 Å². The van der Waals surface area contributed by atoms with Gasteiger partial charge < -0.3 is 4.74 Å². The number of carbonyl (C=O) groups is 1. The Morgan fingerprint density at radius 2 is 1.77 bits per heavy atom. The SMILES string of the molecule is CCC(C)(C)CC(C)(C)OC(=O)P. The van der Waals surface area contributed by atoms with Crippen LogP contribution in [0.15, 0.2) is 0 Å². The van der Waals surface area contributed by atoms with Crippen LogP contribution in [0, 0.1) is 5.41 Å². The molecule has 0 aromatic rings. The maximum absolute atomic E-state index is 10.8. The molecule has 0 saturated carbocycles. The molecule has 3 heteroatoms. The summed E-state index contributed by atoms with van der Waals surface area (Å²) in [5, 5.41) is 0. The smallest absolute Gasteiger partial charge is 0.320 e. The van der Waals surface area contributed by atoms with Crippen molar-refractivity contribution in [3.05, 3.63) is 0 Å². The molecule has 0 aliphatic carbocycles. The van der Waals surface area contributed by atoms with Crippen LogP contribution in [0.5, 0.6) is 0 Å². The third kappa shape index (κ3) is 6.04. The Bertz CT molecular complexity index is 185. The molecule has 0 aliphatic heterocycles. The summed E-state index contributed by atoms with van der Waals surface area (Å²) in [7, 11) is 2.05. The Hall–Kier alpha value is -0.100. The lowest BCUT2D eigenvalue weighted by Gasteiger charge is -2.33. The molecule has 0 fully saturated rings. The maximum atomic E-state index is 10.8. The number of ether oxygens (including phenoxy) is 1. The first kappa shape index (κ1) is 12.9. The van der Waals surface area contributed by atoms with E-state index in [-0.39, 0.29) is 16.7 Å². The summed E-state index contributed by atoms with van der Waals surface area (Å²) in [4.78, 5) is 10.8. The summed E-state index contributed by atoms with van der Waals surface area (Å²) in [6.07, 6.45) is 1.97. The molecule has 0 saturated heterocycles. The number of hydrogen-bond acceptors (Lipinski definition) is 2. The molecule has 13 heavy (non-hydrogen) atoms. The summed E-state index contributed by atoms with van der Waals surface area (Å²) in [6, 6.07) is 0. The molecule has 0 N–H and O–H groups in total. The highest BCUT2D eigenvalue weighted by atomic mass is 31.0. The van der Waals surface area contributed by atoms with Gasteiger partial charge in [0.2, 0.25) is 0 Å². The molecule has 1 unspecified atom stereocenters. The van der Waals surface area contributed by atoms with Gasteiger partial charge in [-0.2, -0.15) is 0 Å². The quantitative estimate of drug-likeness (QED) is 0.654. The minimum atomic E-state index is -0.363. The summed E-state index contributed by atoms with van der Waals surface area (Å²) in [5.41, 5.74) is -0.418. The first-order valence-electron chi connectivity index (χ1n) is 4.67. The molecule has 1 atom stereocenters. The zero-order valence-corrected chi connectivity index (χ0v) is 10.5. The highest BCUT2D eigenvalue weighted by molar-refractivity contribution is 7.39. The van der Waals surface area contributed by atoms with Crippen LogP contribution in [0.1, 0.15) is 47.5 Å². The summed E-state index contributed by atoms with van der Waals surface area (Å²) >= 11 is 0. The number of hydrogen-bond donors (Lipinski definition) is 0. The van der Waals surface area contributed by atoms with E-state index in [4.69, 9.17) is 4.74 Å². The topological polar surface area (TPSA) is 26.3 Å². The predicted molar refractivity (Wildman–Crippen MR) is 59.0 cm³/mol. The van der Waals surface area contributed by atoms with Gasteiger partial charge in [-0.1, -0.05) is 27.2 Å². The highest BCUT2D eigenvalue weighted by Crippen LogP contribution is 2.33. The number of carbonyl (C=O) groups excluding carboxylic acids is 1. The predicted octanol–water partition coefficient (Wildman–Crippen LogP) is 3.60. The van der Waals surface area contributed by atoms with Gasteiger partial charge in [0.05, 0.1) is 0 Å². The van der Waals surface area contributed by atoms with Gasteiger partial charge in [-0.15, -0.1) is 0 Å². The molecule has 78 valence electrons. The van der Waals surface area contributed by atoms with Gasteiger partial charge in [-0.3, -0.25) is 0 Å². The first-order valence-corrected chi connectivity index (χ1v) is 5.25. The zero-order valence-electron chi connectivity index (χ0n) is 9.31. The summed E-state index contributed by atoms with van der Waals surface area (Å²) < 4.78 is 5.20. The van der Waals surface area contributed by atoms with Gasteiger partial charge >= 0.3 is 5.71 Å². The van der Waals surface area contributed by atoms with E-state index in [1.54, 1.807) is 0 Å². The normalized spacial score (nSPS) is 12.8. The Kier molecular flexibility index (Phi) is 4.38. The third-order valence-corrected chi connectivity index (χ3v) is 2.36. The largest absolute Gasteiger partial charge is 0.457 e. The summed E-state index contributed by atoms with van der Waals surface area (Å²) in [5.74, 6) is 0. The van der Waals surface area contributed by atoms with Crippen molar-refractivity contribution >= 4 is 15.0 Å². The standard InChI is InChI=1S/C10H21O2P/c1-6-9(2,3)7-10(4,5)12-8(11)13/h6-7,13H2,1-5H3. The van der Waals surface area contributed by atoms with E-state index in [0.29, 0.717) is 0 Å². The van der Waals surface area contributed by atoms with Gasteiger partial charge in [-0.05, 0) is 34.9 Å². The lowest BCUT2D eigenvalue weighted by Crippen LogP contribution is -2.32. The number of rotatable bonds is 4. The van der Waals surface area contributed by atoms with Crippen LogP contribution >= 0.6 is 9.24 Å². The van der Waals surface area contributed by atoms with Crippen LogP contribution < -0.4 is 0 Å².